The molecule has 0 aliphatic heterocycles. The van der Waals surface area contributed by atoms with Crippen molar-refractivity contribution in [2.24, 2.45) is 0 Å². The molecule has 98 valence electrons. The molecule has 0 atom stereocenters. The van der Waals surface area contributed by atoms with Crippen molar-refractivity contribution >= 4 is 23.2 Å². The van der Waals surface area contributed by atoms with E-state index >= 15 is 0 Å². The molecule has 0 radical (unpaired) electrons. The van der Waals surface area contributed by atoms with Gasteiger partial charge in [0.05, 0.1) is 17.7 Å². The third kappa shape index (κ3) is 3.03. The van der Waals surface area contributed by atoms with E-state index in [1.807, 2.05) is 13.0 Å². The van der Waals surface area contributed by atoms with Gasteiger partial charge in [0.25, 0.3) is 5.91 Å². The van der Waals surface area contributed by atoms with Crippen molar-refractivity contribution in [3.8, 4) is 5.75 Å². The van der Waals surface area contributed by atoms with Crippen molar-refractivity contribution in [2.45, 2.75) is 6.92 Å². The average Bonchev–Trinajstić information content (AvgIpc) is 2.41. The number of nitrogens with one attached hydrogen (secondary N) is 1. The lowest BCUT2D eigenvalue weighted by molar-refractivity contribution is 0.102. The van der Waals surface area contributed by atoms with Gasteiger partial charge in [-0.15, -0.1) is 0 Å². The highest BCUT2D eigenvalue weighted by molar-refractivity contribution is 6.34. The molecule has 2 aromatic rings. The van der Waals surface area contributed by atoms with Crippen LogP contribution in [-0.2, 0) is 0 Å². The van der Waals surface area contributed by atoms with Crippen LogP contribution in [0.3, 0.4) is 0 Å². The maximum Gasteiger partial charge on any atom is 0.257 e. The molecule has 2 rings (SSSR count). The number of aryl methyl sites for hydroxylation is 1. The molecule has 0 spiro atoms. The lowest BCUT2D eigenvalue weighted by atomic mass is 10.1. The van der Waals surface area contributed by atoms with Gasteiger partial charge in [0.2, 0.25) is 0 Å². The molecule has 0 saturated heterocycles. The van der Waals surface area contributed by atoms with E-state index in [1.165, 1.54) is 12.4 Å². The van der Waals surface area contributed by atoms with Gasteiger partial charge in [-0.25, -0.2) is 0 Å². The van der Waals surface area contributed by atoms with Gasteiger partial charge in [0, 0.05) is 18.1 Å². The molecular weight excluding hydrogens is 264 g/mol. The van der Waals surface area contributed by atoms with Crippen LogP contribution in [0.25, 0.3) is 0 Å². The van der Waals surface area contributed by atoms with Crippen LogP contribution in [0.1, 0.15) is 15.9 Å². The van der Waals surface area contributed by atoms with Crippen molar-refractivity contribution in [3.63, 3.8) is 0 Å². The zero-order valence-electron chi connectivity index (χ0n) is 10.6. The van der Waals surface area contributed by atoms with Crippen LogP contribution in [0.4, 0.5) is 5.69 Å². The number of hydrogen-bond acceptors (Lipinski definition) is 3. The van der Waals surface area contributed by atoms with Gasteiger partial charge in [-0.05, 0) is 36.8 Å². The topological polar surface area (TPSA) is 51.2 Å². The monoisotopic (exact) mass is 276 g/mol. The number of carbonyl (C=O) groups excluding carboxylic acids is 1. The second kappa shape index (κ2) is 5.71. The van der Waals surface area contributed by atoms with E-state index in [1.54, 1.807) is 25.3 Å². The first-order valence-corrected chi connectivity index (χ1v) is 6.05. The highest BCUT2D eigenvalue weighted by atomic mass is 35.5. The first-order valence-electron chi connectivity index (χ1n) is 5.67. The zero-order chi connectivity index (χ0) is 13.8. The van der Waals surface area contributed by atoms with Gasteiger partial charge in [0.1, 0.15) is 5.75 Å². The zero-order valence-corrected chi connectivity index (χ0v) is 11.4. The lowest BCUT2D eigenvalue weighted by Crippen LogP contribution is -2.13. The Balaban J connectivity index is 2.22. The largest absolute Gasteiger partial charge is 0.497 e. The van der Waals surface area contributed by atoms with Crippen molar-refractivity contribution in [1.82, 2.24) is 4.98 Å². The number of halogens is 1. The molecule has 0 saturated carbocycles. The van der Waals surface area contributed by atoms with Crippen LogP contribution in [0, 0.1) is 6.92 Å². The standard InChI is InChI=1S/C14H13ClN2O2/c1-9-7-10(19-2)3-4-13(9)17-14(18)11-5-6-16-8-12(11)15/h3-8H,1-2H3,(H,17,18). The van der Waals surface area contributed by atoms with Gasteiger partial charge >= 0.3 is 0 Å². The molecule has 1 N–H and O–H groups in total. The summed E-state index contributed by atoms with van der Waals surface area (Å²) in [5.41, 5.74) is 2.03. The minimum atomic E-state index is -0.263. The van der Waals surface area contributed by atoms with Crippen LogP contribution in [-0.4, -0.2) is 18.0 Å². The summed E-state index contributed by atoms with van der Waals surface area (Å²) >= 11 is 5.93. The fourth-order valence-electron chi connectivity index (χ4n) is 1.65. The van der Waals surface area contributed by atoms with E-state index in [-0.39, 0.29) is 5.91 Å². The Kier molecular flexibility index (Phi) is 4.02. The van der Waals surface area contributed by atoms with Gasteiger partial charge in [-0.1, -0.05) is 11.6 Å². The molecule has 0 bridgehead atoms. The molecule has 0 unspecified atom stereocenters. The molecule has 1 heterocycles. The van der Waals surface area contributed by atoms with Crippen molar-refractivity contribution < 1.29 is 9.53 Å². The highest BCUT2D eigenvalue weighted by Gasteiger charge is 2.11. The number of anilines is 1. The minimum absolute atomic E-state index is 0.263. The van der Waals surface area contributed by atoms with Crippen LogP contribution in [0.2, 0.25) is 5.02 Å². The lowest BCUT2D eigenvalue weighted by Gasteiger charge is -2.10. The summed E-state index contributed by atoms with van der Waals surface area (Å²) in [5.74, 6) is 0.484. The number of aromatic nitrogens is 1. The molecule has 0 aliphatic carbocycles. The van der Waals surface area contributed by atoms with Gasteiger partial charge < -0.3 is 10.1 Å². The van der Waals surface area contributed by atoms with Gasteiger partial charge in [-0.3, -0.25) is 9.78 Å². The van der Waals surface area contributed by atoms with Crippen LogP contribution < -0.4 is 10.1 Å². The molecule has 19 heavy (non-hydrogen) atoms. The number of rotatable bonds is 3. The van der Waals surface area contributed by atoms with E-state index in [0.717, 1.165) is 17.0 Å². The number of pyridine rings is 1. The van der Waals surface area contributed by atoms with E-state index in [4.69, 9.17) is 16.3 Å². The van der Waals surface area contributed by atoms with E-state index in [2.05, 4.69) is 10.3 Å². The number of nitrogens with zero attached hydrogens (tertiary/aromatic N) is 1. The number of amides is 1. The van der Waals surface area contributed by atoms with E-state index < -0.39 is 0 Å². The van der Waals surface area contributed by atoms with Crippen LogP contribution >= 0.6 is 11.6 Å². The van der Waals surface area contributed by atoms with E-state index in [9.17, 15) is 4.79 Å². The van der Waals surface area contributed by atoms with Crippen molar-refractivity contribution in [3.05, 3.63) is 52.8 Å². The predicted octanol–water partition coefficient (Wildman–Crippen LogP) is 3.30. The first-order chi connectivity index (χ1) is 9.11. The normalized spacial score (nSPS) is 10.1. The SMILES string of the molecule is COc1ccc(NC(=O)c2ccncc2Cl)c(C)c1. The summed E-state index contributed by atoms with van der Waals surface area (Å²) in [6, 6.07) is 7.01. The molecule has 0 aliphatic rings. The maximum absolute atomic E-state index is 12.1. The molecule has 5 heteroatoms. The molecule has 1 aromatic heterocycles. The Morgan fingerprint density at radius 2 is 2.16 bits per heavy atom. The molecule has 1 amide bonds. The quantitative estimate of drug-likeness (QED) is 0.936. The summed E-state index contributed by atoms with van der Waals surface area (Å²) in [6.07, 6.45) is 2.97. The first kappa shape index (κ1) is 13.4. The van der Waals surface area contributed by atoms with Crippen molar-refractivity contribution in [2.75, 3.05) is 12.4 Å². The van der Waals surface area contributed by atoms with Crippen LogP contribution in [0.5, 0.6) is 5.75 Å². The Morgan fingerprint density at radius 3 is 2.79 bits per heavy atom. The summed E-state index contributed by atoms with van der Waals surface area (Å²) < 4.78 is 5.12. The molecular formula is C14H13ClN2O2. The Labute approximate surface area is 116 Å². The second-order valence-corrected chi connectivity index (χ2v) is 4.40. The fourth-order valence-corrected chi connectivity index (χ4v) is 1.86. The number of benzene rings is 1. The predicted molar refractivity (Wildman–Crippen MR) is 74.9 cm³/mol. The number of hydrogen-bond donors (Lipinski definition) is 1. The van der Waals surface area contributed by atoms with Gasteiger partial charge in [-0.2, -0.15) is 0 Å². The third-order valence-corrected chi connectivity index (χ3v) is 3.00. The molecule has 1 aromatic carbocycles. The van der Waals surface area contributed by atoms with Crippen molar-refractivity contribution in [1.29, 1.82) is 0 Å². The minimum Gasteiger partial charge on any atom is -0.497 e. The summed E-state index contributed by atoms with van der Waals surface area (Å²) in [4.78, 5) is 15.9. The maximum atomic E-state index is 12.1. The summed E-state index contributed by atoms with van der Waals surface area (Å²) in [6.45, 7) is 1.90. The summed E-state index contributed by atoms with van der Waals surface area (Å²) in [7, 11) is 1.60. The van der Waals surface area contributed by atoms with Gasteiger partial charge in [0.15, 0.2) is 0 Å². The number of methoxy groups -OCH3 is 1. The molecule has 0 fully saturated rings. The average molecular weight is 277 g/mol. The van der Waals surface area contributed by atoms with E-state index in [0.29, 0.717) is 10.6 Å². The fraction of sp³-hybridized carbons (Fsp3) is 0.143. The number of ether oxygens (including phenoxy) is 1. The Morgan fingerprint density at radius 1 is 1.37 bits per heavy atom. The van der Waals surface area contributed by atoms with Crippen LogP contribution in [0.15, 0.2) is 36.7 Å². The Bertz CT molecular complexity index is 614. The third-order valence-electron chi connectivity index (χ3n) is 2.70. The number of carbonyl (C=O) groups is 1. The smallest absolute Gasteiger partial charge is 0.257 e. The second-order valence-electron chi connectivity index (χ2n) is 3.99. The summed E-state index contributed by atoms with van der Waals surface area (Å²) in [5, 5.41) is 3.14. The molecule has 4 nitrogen and oxygen atoms in total. The highest BCUT2D eigenvalue weighted by Crippen LogP contribution is 2.22. The Hall–Kier alpha value is -2.07.